The molecule has 134 valence electrons. The SMILES string of the molecule is COc1ccc(-c2coc3cc(OC(=O)N(C)C)cc(O)c3c2=O)cc1. The van der Waals surface area contributed by atoms with Gasteiger partial charge in [0.1, 0.15) is 34.5 Å². The number of carbonyl (C=O) groups is 1. The van der Waals surface area contributed by atoms with Gasteiger partial charge < -0.3 is 23.9 Å². The second-order valence-corrected chi connectivity index (χ2v) is 5.78. The third-order valence-electron chi connectivity index (χ3n) is 3.80. The Kier molecular flexibility index (Phi) is 4.53. The van der Waals surface area contributed by atoms with Crippen LogP contribution in [0, 0.1) is 0 Å². The fraction of sp³-hybridized carbons (Fsp3) is 0.158. The van der Waals surface area contributed by atoms with E-state index in [0.717, 1.165) is 0 Å². The molecule has 0 aliphatic rings. The first-order valence-corrected chi connectivity index (χ1v) is 7.73. The van der Waals surface area contributed by atoms with Gasteiger partial charge in [0.05, 0.1) is 12.7 Å². The molecular formula is C19H17NO6. The van der Waals surface area contributed by atoms with E-state index >= 15 is 0 Å². The van der Waals surface area contributed by atoms with Crippen LogP contribution in [0.4, 0.5) is 4.79 Å². The number of nitrogens with zero attached hydrogens (tertiary/aromatic N) is 1. The summed E-state index contributed by atoms with van der Waals surface area (Å²) in [7, 11) is 4.62. The molecule has 1 N–H and O–H groups in total. The lowest BCUT2D eigenvalue weighted by molar-refractivity contribution is 0.172. The topological polar surface area (TPSA) is 89.2 Å². The summed E-state index contributed by atoms with van der Waals surface area (Å²) in [5.74, 6) is 0.413. The standard InChI is InChI=1S/C19H17NO6/c1-20(2)19(23)26-13-8-15(21)17-16(9-13)25-10-14(18(17)22)11-4-6-12(24-3)7-5-11/h4-10,21H,1-3H3. The molecule has 0 aliphatic heterocycles. The fourth-order valence-electron chi connectivity index (χ4n) is 2.43. The molecule has 0 saturated heterocycles. The lowest BCUT2D eigenvalue weighted by Gasteiger charge is -2.11. The molecule has 0 spiro atoms. The molecule has 3 aromatic rings. The van der Waals surface area contributed by atoms with E-state index in [1.807, 2.05) is 0 Å². The summed E-state index contributed by atoms with van der Waals surface area (Å²) in [4.78, 5) is 25.7. The predicted octanol–water partition coefficient (Wildman–Crippen LogP) is 3.23. The van der Waals surface area contributed by atoms with E-state index in [2.05, 4.69) is 0 Å². The van der Waals surface area contributed by atoms with Crippen LogP contribution < -0.4 is 14.9 Å². The molecular weight excluding hydrogens is 338 g/mol. The van der Waals surface area contributed by atoms with Crippen LogP contribution in [0.1, 0.15) is 0 Å². The van der Waals surface area contributed by atoms with Crippen LogP contribution in [0.25, 0.3) is 22.1 Å². The number of phenols is 1. The van der Waals surface area contributed by atoms with Crippen LogP contribution >= 0.6 is 0 Å². The van der Waals surface area contributed by atoms with Crippen molar-refractivity contribution < 1.29 is 23.8 Å². The molecule has 0 saturated carbocycles. The van der Waals surface area contributed by atoms with Crippen molar-refractivity contribution in [2.75, 3.05) is 21.2 Å². The molecule has 1 amide bonds. The lowest BCUT2D eigenvalue weighted by Crippen LogP contribution is -2.25. The fourth-order valence-corrected chi connectivity index (χ4v) is 2.43. The van der Waals surface area contributed by atoms with Crippen molar-refractivity contribution in [2.45, 2.75) is 0 Å². The van der Waals surface area contributed by atoms with Crippen molar-refractivity contribution >= 4 is 17.1 Å². The second-order valence-electron chi connectivity index (χ2n) is 5.78. The first-order valence-electron chi connectivity index (χ1n) is 7.73. The molecule has 0 fully saturated rings. The largest absolute Gasteiger partial charge is 0.507 e. The zero-order valence-electron chi connectivity index (χ0n) is 14.5. The van der Waals surface area contributed by atoms with Gasteiger partial charge in [-0.15, -0.1) is 0 Å². The molecule has 2 aromatic carbocycles. The Morgan fingerprint density at radius 1 is 1.12 bits per heavy atom. The Labute approximate surface area is 149 Å². The van der Waals surface area contributed by atoms with Crippen LogP contribution in [0.3, 0.4) is 0 Å². The van der Waals surface area contributed by atoms with Crippen molar-refractivity contribution in [3.8, 4) is 28.4 Å². The Morgan fingerprint density at radius 3 is 2.42 bits per heavy atom. The van der Waals surface area contributed by atoms with Gasteiger partial charge in [0.15, 0.2) is 0 Å². The molecule has 0 radical (unpaired) electrons. The van der Waals surface area contributed by atoms with Crippen molar-refractivity contribution in [1.29, 1.82) is 0 Å². The van der Waals surface area contributed by atoms with E-state index in [0.29, 0.717) is 16.9 Å². The average molecular weight is 355 g/mol. The maximum absolute atomic E-state index is 12.8. The van der Waals surface area contributed by atoms with Crippen LogP contribution in [0.2, 0.25) is 0 Å². The minimum Gasteiger partial charge on any atom is -0.507 e. The number of benzene rings is 2. The zero-order valence-corrected chi connectivity index (χ0v) is 14.5. The number of methoxy groups -OCH3 is 1. The predicted molar refractivity (Wildman–Crippen MR) is 95.8 cm³/mol. The quantitative estimate of drug-likeness (QED) is 0.776. The number of carbonyl (C=O) groups excluding carboxylic acids is 1. The van der Waals surface area contributed by atoms with Gasteiger partial charge in [0.25, 0.3) is 0 Å². The molecule has 7 heteroatoms. The summed E-state index contributed by atoms with van der Waals surface area (Å²) in [6.07, 6.45) is 0.699. The molecule has 26 heavy (non-hydrogen) atoms. The monoisotopic (exact) mass is 355 g/mol. The normalized spacial score (nSPS) is 10.6. The zero-order chi connectivity index (χ0) is 18.8. The van der Waals surface area contributed by atoms with Crippen LogP contribution in [0.15, 0.2) is 51.9 Å². The van der Waals surface area contributed by atoms with Gasteiger partial charge in [-0.05, 0) is 17.7 Å². The lowest BCUT2D eigenvalue weighted by atomic mass is 10.0. The van der Waals surface area contributed by atoms with Crippen molar-refractivity contribution in [3.05, 3.63) is 52.9 Å². The van der Waals surface area contributed by atoms with E-state index in [4.69, 9.17) is 13.9 Å². The summed E-state index contributed by atoms with van der Waals surface area (Å²) in [6.45, 7) is 0. The van der Waals surface area contributed by atoms with Crippen molar-refractivity contribution in [2.24, 2.45) is 0 Å². The van der Waals surface area contributed by atoms with Gasteiger partial charge in [-0.25, -0.2) is 4.79 Å². The Morgan fingerprint density at radius 2 is 1.81 bits per heavy atom. The minimum absolute atomic E-state index is 0.0166. The second kappa shape index (κ2) is 6.79. The highest BCUT2D eigenvalue weighted by molar-refractivity contribution is 5.88. The summed E-state index contributed by atoms with van der Waals surface area (Å²) in [5.41, 5.74) is 0.658. The minimum atomic E-state index is -0.610. The van der Waals surface area contributed by atoms with Gasteiger partial charge >= 0.3 is 6.09 Å². The van der Waals surface area contributed by atoms with Crippen molar-refractivity contribution in [3.63, 3.8) is 0 Å². The summed E-state index contributed by atoms with van der Waals surface area (Å²) < 4.78 is 15.7. The number of phenolic OH excluding ortho intramolecular Hbond substituents is 1. The number of ether oxygens (including phenoxy) is 2. The van der Waals surface area contributed by atoms with Crippen LogP contribution in [-0.2, 0) is 0 Å². The number of hydrogen-bond donors (Lipinski definition) is 1. The maximum atomic E-state index is 12.8. The van der Waals surface area contributed by atoms with Crippen LogP contribution in [0.5, 0.6) is 17.2 Å². The van der Waals surface area contributed by atoms with E-state index < -0.39 is 6.09 Å². The third-order valence-corrected chi connectivity index (χ3v) is 3.80. The van der Waals surface area contributed by atoms with Gasteiger partial charge in [0, 0.05) is 26.2 Å². The smallest absolute Gasteiger partial charge is 0.414 e. The van der Waals surface area contributed by atoms with E-state index in [-0.39, 0.29) is 27.9 Å². The Hall–Kier alpha value is -3.48. The molecule has 3 rings (SSSR count). The highest BCUT2D eigenvalue weighted by Gasteiger charge is 2.16. The summed E-state index contributed by atoms with van der Waals surface area (Å²) in [6, 6.07) is 9.49. The maximum Gasteiger partial charge on any atom is 0.414 e. The highest BCUT2D eigenvalue weighted by atomic mass is 16.6. The third kappa shape index (κ3) is 3.19. The molecule has 0 unspecified atom stereocenters. The molecule has 0 bridgehead atoms. The first-order chi connectivity index (χ1) is 12.4. The molecule has 7 nitrogen and oxygen atoms in total. The van der Waals surface area contributed by atoms with E-state index in [9.17, 15) is 14.7 Å². The molecule has 0 atom stereocenters. The number of aromatic hydroxyl groups is 1. The molecule has 1 aromatic heterocycles. The number of hydrogen-bond acceptors (Lipinski definition) is 6. The first kappa shape index (κ1) is 17.3. The van der Waals surface area contributed by atoms with Crippen molar-refractivity contribution in [1.82, 2.24) is 4.90 Å². The molecule has 1 heterocycles. The summed E-state index contributed by atoms with van der Waals surface area (Å²) >= 11 is 0. The Balaban J connectivity index is 2.07. The van der Waals surface area contributed by atoms with Gasteiger partial charge in [0.2, 0.25) is 5.43 Å². The van der Waals surface area contributed by atoms with E-state index in [1.165, 1.54) is 37.4 Å². The van der Waals surface area contributed by atoms with Gasteiger partial charge in [-0.1, -0.05) is 12.1 Å². The molecule has 0 aliphatic carbocycles. The summed E-state index contributed by atoms with van der Waals surface area (Å²) in [5, 5.41) is 10.3. The van der Waals surface area contributed by atoms with E-state index in [1.54, 1.807) is 31.4 Å². The Bertz CT molecular complexity index is 1020. The number of amides is 1. The van der Waals surface area contributed by atoms with Gasteiger partial charge in [-0.2, -0.15) is 0 Å². The van der Waals surface area contributed by atoms with Gasteiger partial charge in [-0.3, -0.25) is 4.79 Å². The highest BCUT2D eigenvalue weighted by Crippen LogP contribution is 2.31. The number of rotatable bonds is 3. The number of fused-ring (bicyclic) bond motifs is 1. The van der Waals surface area contributed by atoms with Crippen LogP contribution in [-0.4, -0.2) is 37.3 Å². The average Bonchev–Trinajstić information content (AvgIpc) is 2.61.